The molecule has 80 valence electrons. The van der Waals surface area contributed by atoms with Crippen LogP contribution in [0.2, 0.25) is 0 Å². The van der Waals surface area contributed by atoms with Crippen molar-refractivity contribution in [2.24, 2.45) is 0 Å². The SMILES string of the molecule is Cc1ccnc(NC2CC(C)OC2=O)c1. The summed E-state index contributed by atoms with van der Waals surface area (Å²) in [6.45, 7) is 3.88. The van der Waals surface area contributed by atoms with E-state index in [-0.39, 0.29) is 18.1 Å². The number of nitrogens with one attached hydrogen (secondary N) is 1. The Kier molecular flexibility index (Phi) is 2.58. The van der Waals surface area contributed by atoms with Crippen LogP contribution in [0.25, 0.3) is 0 Å². The maximum atomic E-state index is 11.4. The lowest BCUT2D eigenvalue weighted by molar-refractivity contribution is -0.141. The van der Waals surface area contributed by atoms with Crippen LogP contribution in [0.4, 0.5) is 5.82 Å². The highest BCUT2D eigenvalue weighted by molar-refractivity contribution is 5.81. The summed E-state index contributed by atoms with van der Waals surface area (Å²) in [5.41, 5.74) is 1.12. The number of carbonyl (C=O) groups is 1. The number of nitrogens with zero attached hydrogens (tertiary/aromatic N) is 1. The van der Waals surface area contributed by atoms with Crippen molar-refractivity contribution in [3.05, 3.63) is 23.9 Å². The first-order chi connectivity index (χ1) is 7.15. The number of cyclic esters (lactones) is 1. The number of rotatable bonds is 2. The number of carbonyl (C=O) groups excluding carboxylic acids is 1. The Morgan fingerprint density at radius 2 is 2.40 bits per heavy atom. The fraction of sp³-hybridized carbons (Fsp3) is 0.455. The summed E-state index contributed by atoms with van der Waals surface area (Å²) < 4.78 is 5.05. The molecule has 1 aliphatic rings. The number of pyridine rings is 1. The lowest BCUT2D eigenvalue weighted by atomic mass is 10.2. The highest BCUT2D eigenvalue weighted by atomic mass is 16.6. The molecule has 1 N–H and O–H groups in total. The third kappa shape index (κ3) is 2.26. The van der Waals surface area contributed by atoms with Gasteiger partial charge < -0.3 is 10.1 Å². The van der Waals surface area contributed by atoms with Crippen LogP contribution in [-0.4, -0.2) is 23.1 Å². The standard InChI is InChI=1S/C11H14N2O2/c1-7-3-4-12-10(5-7)13-9-6-8(2)15-11(9)14/h3-5,8-9H,6H2,1-2H3,(H,12,13). The van der Waals surface area contributed by atoms with Crippen molar-refractivity contribution in [3.8, 4) is 0 Å². The van der Waals surface area contributed by atoms with Crippen LogP contribution in [0.3, 0.4) is 0 Å². The van der Waals surface area contributed by atoms with E-state index in [1.165, 1.54) is 0 Å². The second kappa shape index (κ2) is 3.88. The van der Waals surface area contributed by atoms with Crippen LogP contribution in [0.5, 0.6) is 0 Å². The molecule has 0 aromatic carbocycles. The Balaban J connectivity index is 2.06. The Morgan fingerprint density at radius 3 is 3.00 bits per heavy atom. The van der Waals surface area contributed by atoms with Crippen molar-refractivity contribution in [1.82, 2.24) is 4.98 Å². The van der Waals surface area contributed by atoms with Crippen LogP contribution in [0, 0.1) is 6.92 Å². The van der Waals surface area contributed by atoms with Crippen molar-refractivity contribution < 1.29 is 9.53 Å². The summed E-state index contributed by atoms with van der Waals surface area (Å²) in [4.78, 5) is 15.5. The number of hydrogen-bond donors (Lipinski definition) is 1. The molecule has 15 heavy (non-hydrogen) atoms. The summed E-state index contributed by atoms with van der Waals surface area (Å²) in [5, 5.41) is 3.08. The quantitative estimate of drug-likeness (QED) is 0.745. The van der Waals surface area contributed by atoms with Gasteiger partial charge in [0.15, 0.2) is 0 Å². The summed E-state index contributed by atoms with van der Waals surface area (Å²) >= 11 is 0. The van der Waals surface area contributed by atoms with E-state index < -0.39 is 0 Å². The van der Waals surface area contributed by atoms with Crippen LogP contribution >= 0.6 is 0 Å². The summed E-state index contributed by atoms with van der Waals surface area (Å²) in [5.74, 6) is 0.539. The first kappa shape index (κ1) is 9.96. The molecule has 0 saturated carbocycles. The van der Waals surface area contributed by atoms with Crippen molar-refractivity contribution in [2.75, 3.05) is 5.32 Å². The van der Waals surface area contributed by atoms with Gasteiger partial charge in [-0.3, -0.25) is 0 Å². The average molecular weight is 206 g/mol. The Labute approximate surface area is 88.7 Å². The fourth-order valence-electron chi connectivity index (χ4n) is 1.67. The fourth-order valence-corrected chi connectivity index (χ4v) is 1.67. The van der Waals surface area contributed by atoms with Crippen LogP contribution in [-0.2, 0) is 9.53 Å². The molecule has 0 radical (unpaired) electrons. The van der Waals surface area contributed by atoms with Gasteiger partial charge >= 0.3 is 5.97 Å². The average Bonchev–Trinajstić information content (AvgIpc) is 2.45. The topological polar surface area (TPSA) is 51.2 Å². The molecule has 2 rings (SSSR count). The molecule has 2 unspecified atom stereocenters. The molecule has 2 heterocycles. The zero-order valence-corrected chi connectivity index (χ0v) is 8.86. The minimum Gasteiger partial charge on any atom is -0.461 e. The predicted octanol–water partition coefficient (Wildman–Crippen LogP) is 1.51. The van der Waals surface area contributed by atoms with Crippen molar-refractivity contribution >= 4 is 11.8 Å². The molecule has 1 aromatic heterocycles. The Hall–Kier alpha value is -1.58. The van der Waals surface area contributed by atoms with Gasteiger partial charge in [0.1, 0.15) is 18.0 Å². The molecule has 1 aliphatic heterocycles. The lowest BCUT2D eigenvalue weighted by Gasteiger charge is -2.09. The number of aromatic nitrogens is 1. The number of aryl methyl sites for hydroxylation is 1. The molecule has 0 spiro atoms. The van der Waals surface area contributed by atoms with Gasteiger partial charge in [-0.15, -0.1) is 0 Å². The first-order valence-corrected chi connectivity index (χ1v) is 5.05. The summed E-state index contributed by atoms with van der Waals surface area (Å²) in [6, 6.07) is 3.58. The van der Waals surface area contributed by atoms with Gasteiger partial charge in [0, 0.05) is 12.6 Å². The molecule has 1 aromatic rings. The predicted molar refractivity (Wildman–Crippen MR) is 56.6 cm³/mol. The number of hydrogen-bond acceptors (Lipinski definition) is 4. The van der Waals surface area contributed by atoms with Crippen LogP contribution < -0.4 is 5.32 Å². The van der Waals surface area contributed by atoms with E-state index in [0.717, 1.165) is 11.4 Å². The van der Waals surface area contributed by atoms with Gasteiger partial charge in [-0.2, -0.15) is 0 Å². The van der Waals surface area contributed by atoms with Crippen LogP contribution in [0.1, 0.15) is 18.9 Å². The van der Waals surface area contributed by atoms with E-state index in [1.54, 1.807) is 6.20 Å². The molecule has 0 amide bonds. The summed E-state index contributed by atoms with van der Waals surface area (Å²) in [6.07, 6.45) is 2.43. The van der Waals surface area contributed by atoms with Gasteiger partial charge in [-0.25, -0.2) is 9.78 Å². The second-order valence-electron chi connectivity index (χ2n) is 3.90. The van der Waals surface area contributed by atoms with Crippen LogP contribution in [0.15, 0.2) is 18.3 Å². The van der Waals surface area contributed by atoms with E-state index in [0.29, 0.717) is 6.42 Å². The van der Waals surface area contributed by atoms with Gasteiger partial charge in [-0.05, 0) is 31.5 Å². The summed E-state index contributed by atoms with van der Waals surface area (Å²) in [7, 11) is 0. The largest absolute Gasteiger partial charge is 0.461 e. The molecular formula is C11H14N2O2. The smallest absolute Gasteiger partial charge is 0.329 e. The Morgan fingerprint density at radius 1 is 1.60 bits per heavy atom. The maximum absolute atomic E-state index is 11.4. The number of anilines is 1. The third-order valence-electron chi connectivity index (χ3n) is 2.41. The van der Waals surface area contributed by atoms with Crippen molar-refractivity contribution in [3.63, 3.8) is 0 Å². The van der Waals surface area contributed by atoms with Gasteiger partial charge in [0.05, 0.1) is 0 Å². The molecule has 0 aliphatic carbocycles. The molecule has 4 nitrogen and oxygen atoms in total. The normalized spacial score (nSPS) is 25.1. The molecule has 1 saturated heterocycles. The number of ether oxygens (including phenoxy) is 1. The zero-order valence-electron chi connectivity index (χ0n) is 8.86. The third-order valence-corrected chi connectivity index (χ3v) is 2.41. The van der Waals surface area contributed by atoms with E-state index in [9.17, 15) is 4.79 Å². The van der Waals surface area contributed by atoms with E-state index in [4.69, 9.17) is 4.74 Å². The lowest BCUT2D eigenvalue weighted by Crippen LogP contribution is -2.24. The first-order valence-electron chi connectivity index (χ1n) is 5.05. The van der Waals surface area contributed by atoms with Crippen molar-refractivity contribution in [2.45, 2.75) is 32.4 Å². The zero-order chi connectivity index (χ0) is 10.8. The van der Waals surface area contributed by atoms with E-state index in [1.807, 2.05) is 26.0 Å². The van der Waals surface area contributed by atoms with Gasteiger partial charge in [-0.1, -0.05) is 0 Å². The van der Waals surface area contributed by atoms with Gasteiger partial charge in [0.25, 0.3) is 0 Å². The highest BCUT2D eigenvalue weighted by Crippen LogP contribution is 2.18. The molecular weight excluding hydrogens is 192 g/mol. The van der Waals surface area contributed by atoms with Gasteiger partial charge in [0.2, 0.25) is 0 Å². The minimum absolute atomic E-state index is 0.000177. The minimum atomic E-state index is -0.255. The maximum Gasteiger partial charge on any atom is 0.329 e. The molecule has 2 atom stereocenters. The van der Waals surface area contributed by atoms with E-state index >= 15 is 0 Å². The molecule has 0 bridgehead atoms. The Bertz CT molecular complexity index is 379. The van der Waals surface area contributed by atoms with E-state index in [2.05, 4.69) is 10.3 Å². The monoisotopic (exact) mass is 206 g/mol. The number of esters is 1. The van der Waals surface area contributed by atoms with Crippen molar-refractivity contribution in [1.29, 1.82) is 0 Å². The second-order valence-corrected chi connectivity index (χ2v) is 3.90. The highest BCUT2D eigenvalue weighted by Gasteiger charge is 2.31. The molecule has 1 fully saturated rings. The molecule has 4 heteroatoms.